The minimum absolute atomic E-state index is 0.181. The van der Waals surface area contributed by atoms with Crippen LogP contribution in [0.3, 0.4) is 0 Å². The molecule has 3 heteroatoms. The van der Waals surface area contributed by atoms with Crippen LogP contribution in [0.1, 0.15) is 13.3 Å². The van der Waals surface area contributed by atoms with Crippen LogP contribution in [0.25, 0.3) is 0 Å². The minimum Gasteiger partial charge on any atom is -0.504 e. The largest absolute Gasteiger partial charge is 0.504 e. The van der Waals surface area contributed by atoms with E-state index in [9.17, 15) is 4.79 Å². The van der Waals surface area contributed by atoms with Crippen molar-refractivity contribution < 1.29 is 14.6 Å². The molecule has 0 aliphatic carbocycles. The molecule has 0 amide bonds. The Morgan fingerprint density at radius 2 is 2.00 bits per heavy atom. The van der Waals surface area contributed by atoms with Gasteiger partial charge < -0.3 is 14.6 Å². The Hall–Kier alpha value is -1.51. The highest BCUT2D eigenvalue weighted by Gasteiger charge is 1.94. The average Bonchev–Trinajstić information content (AvgIpc) is 2.19. The number of hydrogen-bond acceptors (Lipinski definition) is 3. The molecule has 1 aromatic carbocycles. The van der Waals surface area contributed by atoms with Gasteiger partial charge in [0.1, 0.15) is 6.29 Å². The number of hydrogen-bond donors (Lipinski definition) is 1. The smallest absolute Gasteiger partial charge is 0.160 e. The van der Waals surface area contributed by atoms with E-state index in [1.807, 2.05) is 6.92 Å². The van der Waals surface area contributed by atoms with Crippen LogP contribution < -0.4 is 4.74 Å². The number of para-hydroxylation sites is 2. The lowest BCUT2D eigenvalue weighted by Crippen LogP contribution is -1.80. The molecule has 0 aliphatic rings. The molecular weight excluding hydrogens is 168 g/mol. The highest BCUT2D eigenvalue weighted by atomic mass is 16.5. The number of benzene rings is 1. The molecule has 0 fully saturated rings. The maximum Gasteiger partial charge on any atom is 0.160 e. The number of phenols is 1. The molecule has 0 bridgehead atoms. The van der Waals surface area contributed by atoms with Crippen LogP contribution in [0.2, 0.25) is 0 Å². The molecule has 72 valence electrons. The van der Waals surface area contributed by atoms with Crippen molar-refractivity contribution in [3.05, 3.63) is 24.3 Å². The van der Waals surface area contributed by atoms with Crippen LogP contribution in [0.5, 0.6) is 11.5 Å². The second-order valence-electron chi connectivity index (χ2n) is 2.25. The number of carbonyl (C=O) groups excluding carboxylic acids is 1. The molecule has 13 heavy (non-hydrogen) atoms. The zero-order valence-corrected chi connectivity index (χ0v) is 7.86. The van der Waals surface area contributed by atoms with Crippen molar-refractivity contribution in [2.24, 2.45) is 0 Å². The lowest BCUT2D eigenvalue weighted by molar-refractivity contribution is -0.107. The molecule has 0 unspecified atom stereocenters. The summed E-state index contributed by atoms with van der Waals surface area (Å²) in [6, 6.07) is 6.84. The van der Waals surface area contributed by atoms with E-state index in [-0.39, 0.29) is 5.75 Å². The van der Waals surface area contributed by atoms with Gasteiger partial charge in [-0.15, -0.1) is 0 Å². The van der Waals surface area contributed by atoms with Crippen molar-refractivity contribution in [1.29, 1.82) is 0 Å². The van der Waals surface area contributed by atoms with E-state index in [1.165, 1.54) is 7.11 Å². The fraction of sp³-hybridized carbons (Fsp3) is 0.300. The Morgan fingerprint density at radius 1 is 1.46 bits per heavy atom. The number of aromatic hydroxyl groups is 1. The first-order valence-electron chi connectivity index (χ1n) is 4.01. The first-order valence-corrected chi connectivity index (χ1v) is 4.01. The summed E-state index contributed by atoms with van der Waals surface area (Å²) in [5, 5.41) is 8.99. The molecule has 0 saturated carbocycles. The van der Waals surface area contributed by atoms with Gasteiger partial charge in [0.25, 0.3) is 0 Å². The van der Waals surface area contributed by atoms with Crippen molar-refractivity contribution in [3.63, 3.8) is 0 Å². The maximum atomic E-state index is 9.17. The van der Waals surface area contributed by atoms with Gasteiger partial charge in [-0.25, -0.2) is 0 Å². The van der Waals surface area contributed by atoms with Gasteiger partial charge in [0, 0.05) is 6.42 Å². The van der Waals surface area contributed by atoms with Gasteiger partial charge in [-0.05, 0) is 12.1 Å². The number of methoxy groups -OCH3 is 1. The van der Waals surface area contributed by atoms with Gasteiger partial charge in [-0.3, -0.25) is 0 Å². The minimum atomic E-state index is 0.181. The first kappa shape index (κ1) is 11.5. The highest BCUT2D eigenvalue weighted by molar-refractivity contribution is 5.48. The van der Waals surface area contributed by atoms with Crippen LogP contribution in [0, 0.1) is 0 Å². The van der Waals surface area contributed by atoms with Crippen LogP contribution in [-0.4, -0.2) is 18.5 Å². The quantitative estimate of drug-likeness (QED) is 0.711. The monoisotopic (exact) mass is 182 g/mol. The second-order valence-corrected chi connectivity index (χ2v) is 2.25. The van der Waals surface area contributed by atoms with Crippen molar-refractivity contribution >= 4 is 6.29 Å². The SMILES string of the molecule is CCC=O.COc1ccccc1O. The van der Waals surface area contributed by atoms with Gasteiger partial charge >= 0.3 is 0 Å². The van der Waals surface area contributed by atoms with Gasteiger partial charge in [0.15, 0.2) is 11.5 Å². The molecule has 0 aliphatic heterocycles. The van der Waals surface area contributed by atoms with E-state index in [0.29, 0.717) is 12.2 Å². The normalized spacial score (nSPS) is 8.15. The highest BCUT2D eigenvalue weighted by Crippen LogP contribution is 2.22. The van der Waals surface area contributed by atoms with Gasteiger partial charge in [0.05, 0.1) is 7.11 Å². The van der Waals surface area contributed by atoms with E-state index < -0.39 is 0 Å². The summed E-state index contributed by atoms with van der Waals surface area (Å²) in [4.78, 5) is 9.17. The lowest BCUT2D eigenvalue weighted by Gasteiger charge is -1.99. The zero-order valence-electron chi connectivity index (χ0n) is 7.86. The molecule has 1 N–H and O–H groups in total. The molecule has 0 spiro atoms. The number of rotatable bonds is 2. The van der Waals surface area contributed by atoms with Crippen molar-refractivity contribution in [2.75, 3.05) is 7.11 Å². The van der Waals surface area contributed by atoms with E-state index in [4.69, 9.17) is 9.84 Å². The van der Waals surface area contributed by atoms with Crippen molar-refractivity contribution in [1.82, 2.24) is 0 Å². The molecule has 1 aromatic rings. The molecule has 0 atom stereocenters. The summed E-state index contributed by atoms with van der Waals surface area (Å²) in [5.41, 5.74) is 0. The number of carbonyl (C=O) groups is 1. The first-order chi connectivity index (χ1) is 6.26. The molecular formula is C10H14O3. The topological polar surface area (TPSA) is 46.5 Å². The van der Waals surface area contributed by atoms with Crippen LogP contribution >= 0.6 is 0 Å². The van der Waals surface area contributed by atoms with Crippen molar-refractivity contribution in [3.8, 4) is 11.5 Å². The number of aldehydes is 1. The molecule has 1 rings (SSSR count). The summed E-state index contributed by atoms with van der Waals surface area (Å²) < 4.78 is 4.79. The molecule has 0 aromatic heterocycles. The molecule has 0 radical (unpaired) electrons. The third-order valence-electron chi connectivity index (χ3n) is 1.25. The molecule has 0 heterocycles. The zero-order chi connectivity index (χ0) is 10.1. The predicted molar refractivity (Wildman–Crippen MR) is 51.0 cm³/mol. The fourth-order valence-corrected chi connectivity index (χ4v) is 0.630. The van der Waals surface area contributed by atoms with Gasteiger partial charge in [0.2, 0.25) is 0 Å². The van der Waals surface area contributed by atoms with Gasteiger partial charge in [-0.1, -0.05) is 19.1 Å². The Morgan fingerprint density at radius 3 is 2.31 bits per heavy atom. The van der Waals surface area contributed by atoms with Gasteiger partial charge in [-0.2, -0.15) is 0 Å². The van der Waals surface area contributed by atoms with Crippen LogP contribution in [-0.2, 0) is 4.79 Å². The standard InChI is InChI=1S/C7H8O2.C3H6O/c1-9-7-5-3-2-4-6(7)8;1-2-3-4/h2-5,8H,1H3;3H,2H2,1H3. The third kappa shape index (κ3) is 4.85. The summed E-state index contributed by atoms with van der Waals surface area (Å²) in [7, 11) is 1.52. The number of ether oxygens (including phenoxy) is 1. The molecule has 3 nitrogen and oxygen atoms in total. The second kappa shape index (κ2) is 7.16. The van der Waals surface area contributed by atoms with E-state index in [0.717, 1.165) is 6.29 Å². The van der Waals surface area contributed by atoms with Crippen LogP contribution in [0.15, 0.2) is 24.3 Å². The lowest BCUT2D eigenvalue weighted by atomic mass is 10.3. The maximum absolute atomic E-state index is 9.17. The predicted octanol–water partition coefficient (Wildman–Crippen LogP) is 2.00. The fourth-order valence-electron chi connectivity index (χ4n) is 0.630. The Bertz CT molecular complexity index is 246. The summed E-state index contributed by atoms with van der Waals surface area (Å²) in [5.74, 6) is 0.692. The Labute approximate surface area is 78.0 Å². The summed E-state index contributed by atoms with van der Waals surface area (Å²) in [6.45, 7) is 1.81. The van der Waals surface area contributed by atoms with E-state index in [2.05, 4.69) is 0 Å². The van der Waals surface area contributed by atoms with E-state index >= 15 is 0 Å². The molecule has 0 saturated heterocycles. The van der Waals surface area contributed by atoms with E-state index in [1.54, 1.807) is 24.3 Å². The Balaban J connectivity index is 0.000000310. The average molecular weight is 182 g/mol. The summed E-state index contributed by atoms with van der Waals surface area (Å²) in [6.07, 6.45) is 1.51. The van der Waals surface area contributed by atoms with Crippen molar-refractivity contribution in [2.45, 2.75) is 13.3 Å². The number of phenolic OH excluding ortho intramolecular Hbond substituents is 1. The van der Waals surface area contributed by atoms with Crippen LogP contribution in [0.4, 0.5) is 0 Å². The third-order valence-corrected chi connectivity index (χ3v) is 1.25. The Kier molecular flexibility index (Phi) is 6.32. The summed E-state index contributed by atoms with van der Waals surface area (Å²) >= 11 is 0.